The molecule has 3 rings (SSSR count). The molecule has 1 fully saturated rings. The van der Waals surface area contributed by atoms with E-state index in [9.17, 15) is 15.0 Å². The number of rotatable bonds is 5. The van der Waals surface area contributed by atoms with Crippen molar-refractivity contribution in [2.45, 2.75) is 51.7 Å². The molecule has 0 unspecified atom stereocenters. The topological polar surface area (TPSA) is 79.7 Å². The van der Waals surface area contributed by atoms with Crippen LogP contribution in [0.4, 0.5) is 0 Å². The molecule has 27 heavy (non-hydrogen) atoms. The highest BCUT2D eigenvalue weighted by Crippen LogP contribution is 2.39. The van der Waals surface area contributed by atoms with Crippen LogP contribution in [0.1, 0.15) is 56.9 Å². The third-order valence-corrected chi connectivity index (χ3v) is 5.29. The van der Waals surface area contributed by atoms with Gasteiger partial charge in [0.05, 0.1) is 35.4 Å². The average Bonchev–Trinajstić information content (AvgIpc) is 2.67. The fourth-order valence-electron chi connectivity index (χ4n) is 3.57. The summed E-state index contributed by atoms with van der Waals surface area (Å²) in [5, 5.41) is 20.6. The van der Waals surface area contributed by atoms with Crippen LogP contribution in [0.15, 0.2) is 36.4 Å². The summed E-state index contributed by atoms with van der Waals surface area (Å²) in [5.74, 6) is -0.219. The summed E-state index contributed by atoms with van der Waals surface area (Å²) in [5.41, 5.74) is 1.69. The molecule has 0 spiro atoms. The molecule has 1 aromatic carbocycles. The SMILES string of the molecule is CCOC(=O)[C@]1(/C=C/c2ccc3ccc([C@@H](C)O)nc3c2)CC[C@@H](O)CC1. The molecule has 1 heterocycles. The van der Waals surface area contributed by atoms with Gasteiger partial charge in [0, 0.05) is 5.39 Å². The number of aliphatic hydroxyl groups is 2. The molecule has 2 aromatic rings. The second kappa shape index (κ2) is 8.19. The maximum absolute atomic E-state index is 12.6. The van der Waals surface area contributed by atoms with Crippen LogP contribution in [0.25, 0.3) is 17.0 Å². The standard InChI is InChI=1S/C22H27NO4/c1-3-27-21(26)22(12-9-18(25)10-13-22)11-8-16-4-5-17-6-7-19(15(2)24)23-20(17)14-16/h4-8,11,14-15,18,24-25H,3,9-10,12-13H2,1-2H3/b11-8+/t15-,18-,22-/m1/s1. The summed E-state index contributed by atoms with van der Waals surface area (Å²) in [4.78, 5) is 17.1. The summed E-state index contributed by atoms with van der Waals surface area (Å²) >= 11 is 0. The van der Waals surface area contributed by atoms with Crippen LogP contribution < -0.4 is 0 Å². The number of aromatic nitrogens is 1. The van der Waals surface area contributed by atoms with Gasteiger partial charge in [-0.2, -0.15) is 0 Å². The highest BCUT2D eigenvalue weighted by molar-refractivity contribution is 5.83. The molecule has 1 saturated carbocycles. The second-order valence-corrected chi connectivity index (χ2v) is 7.31. The van der Waals surface area contributed by atoms with Gasteiger partial charge >= 0.3 is 5.97 Å². The van der Waals surface area contributed by atoms with Crippen molar-refractivity contribution in [1.82, 2.24) is 4.98 Å². The normalized spacial score (nSPS) is 24.2. The van der Waals surface area contributed by atoms with Gasteiger partial charge in [0.2, 0.25) is 0 Å². The maximum atomic E-state index is 12.6. The van der Waals surface area contributed by atoms with Gasteiger partial charge in [-0.3, -0.25) is 9.78 Å². The van der Waals surface area contributed by atoms with Gasteiger partial charge < -0.3 is 14.9 Å². The molecule has 1 atom stereocenters. The molecule has 5 nitrogen and oxygen atoms in total. The van der Waals surface area contributed by atoms with Crippen molar-refractivity contribution in [1.29, 1.82) is 0 Å². The van der Waals surface area contributed by atoms with E-state index >= 15 is 0 Å². The Balaban J connectivity index is 1.90. The first-order chi connectivity index (χ1) is 12.9. The van der Waals surface area contributed by atoms with E-state index in [0.29, 0.717) is 38.0 Å². The van der Waals surface area contributed by atoms with E-state index in [1.807, 2.05) is 49.4 Å². The number of esters is 1. The first-order valence-corrected chi connectivity index (χ1v) is 9.57. The number of carbonyl (C=O) groups is 1. The lowest BCUT2D eigenvalue weighted by Crippen LogP contribution is -2.36. The van der Waals surface area contributed by atoms with Crippen LogP contribution in [0, 0.1) is 5.41 Å². The van der Waals surface area contributed by atoms with Crippen molar-refractivity contribution in [3.8, 4) is 0 Å². The Morgan fingerprint density at radius 2 is 2.04 bits per heavy atom. The van der Waals surface area contributed by atoms with E-state index < -0.39 is 11.5 Å². The van der Waals surface area contributed by atoms with Gasteiger partial charge in [0.15, 0.2) is 0 Å². The summed E-state index contributed by atoms with van der Waals surface area (Å²) in [7, 11) is 0. The Morgan fingerprint density at radius 1 is 1.33 bits per heavy atom. The molecule has 0 amide bonds. The van der Waals surface area contributed by atoms with Crippen LogP contribution in [-0.2, 0) is 9.53 Å². The highest BCUT2D eigenvalue weighted by Gasteiger charge is 2.40. The van der Waals surface area contributed by atoms with Crippen LogP contribution in [0.3, 0.4) is 0 Å². The Morgan fingerprint density at radius 3 is 2.70 bits per heavy atom. The van der Waals surface area contributed by atoms with Gasteiger partial charge in [-0.15, -0.1) is 0 Å². The number of aliphatic hydroxyl groups excluding tert-OH is 2. The van der Waals surface area contributed by atoms with E-state index in [-0.39, 0.29) is 12.1 Å². The summed E-state index contributed by atoms with van der Waals surface area (Å²) in [6, 6.07) is 9.69. The Kier molecular flexibility index (Phi) is 5.92. The molecule has 0 aliphatic heterocycles. The largest absolute Gasteiger partial charge is 0.465 e. The molecule has 0 bridgehead atoms. The number of pyridine rings is 1. The summed E-state index contributed by atoms with van der Waals surface area (Å²) in [6.07, 6.45) is 5.27. The second-order valence-electron chi connectivity index (χ2n) is 7.31. The molecular formula is C22H27NO4. The predicted octanol–water partition coefficient (Wildman–Crippen LogP) is 3.79. The van der Waals surface area contributed by atoms with Crippen LogP contribution in [0.2, 0.25) is 0 Å². The molecule has 0 radical (unpaired) electrons. The Hall–Kier alpha value is -2.24. The van der Waals surface area contributed by atoms with E-state index in [2.05, 4.69) is 4.98 Å². The minimum atomic E-state index is -0.681. The van der Waals surface area contributed by atoms with E-state index in [4.69, 9.17) is 4.74 Å². The lowest BCUT2D eigenvalue weighted by molar-refractivity contribution is -0.155. The van der Waals surface area contributed by atoms with Crippen molar-refractivity contribution in [3.63, 3.8) is 0 Å². The average molecular weight is 369 g/mol. The number of hydrogen-bond acceptors (Lipinski definition) is 5. The molecule has 1 aliphatic carbocycles. The molecule has 1 aliphatic rings. The Bertz CT molecular complexity index is 835. The third-order valence-electron chi connectivity index (χ3n) is 5.29. The van der Waals surface area contributed by atoms with E-state index in [1.165, 1.54) is 0 Å². The lowest BCUT2D eigenvalue weighted by Gasteiger charge is -2.34. The molecule has 144 valence electrons. The van der Waals surface area contributed by atoms with Gasteiger partial charge in [-0.1, -0.05) is 30.4 Å². The number of benzene rings is 1. The van der Waals surface area contributed by atoms with Crippen molar-refractivity contribution in [3.05, 3.63) is 47.7 Å². The summed E-state index contributed by atoms with van der Waals surface area (Å²) in [6.45, 7) is 3.85. The minimum Gasteiger partial charge on any atom is -0.465 e. The van der Waals surface area contributed by atoms with Crippen molar-refractivity contribution in [2.75, 3.05) is 6.61 Å². The first-order valence-electron chi connectivity index (χ1n) is 9.57. The molecule has 1 aromatic heterocycles. The van der Waals surface area contributed by atoms with Gasteiger partial charge in [-0.05, 0) is 57.2 Å². The maximum Gasteiger partial charge on any atom is 0.315 e. The molecule has 0 saturated heterocycles. The van der Waals surface area contributed by atoms with Crippen molar-refractivity contribution < 1.29 is 19.7 Å². The van der Waals surface area contributed by atoms with Crippen molar-refractivity contribution >= 4 is 22.9 Å². The third kappa shape index (κ3) is 4.37. The fraction of sp³-hybridized carbons (Fsp3) is 0.455. The number of fused-ring (bicyclic) bond motifs is 1. The number of carbonyl (C=O) groups excluding carboxylic acids is 1. The quantitative estimate of drug-likeness (QED) is 0.784. The predicted molar refractivity (Wildman–Crippen MR) is 105 cm³/mol. The van der Waals surface area contributed by atoms with Crippen LogP contribution >= 0.6 is 0 Å². The van der Waals surface area contributed by atoms with Gasteiger partial charge in [0.1, 0.15) is 0 Å². The number of nitrogens with zero attached hydrogens (tertiary/aromatic N) is 1. The highest BCUT2D eigenvalue weighted by atomic mass is 16.5. The smallest absolute Gasteiger partial charge is 0.315 e. The molecule has 2 N–H and O–H groups in total. The van der Waals surface area contributed by atoms with Crippen molar-refractivity contribution in [2.24, 2.45) is 5.41 Å². The van der Waals surface area contributed by atoms with E-state index in [0.717, 1.165) is 16.5 Å². The fourth-order valence-corrected chi connectivity index (χ4v) is 3.57. The van der Waals surface area contributed by atoms with E-state index in [1.54, 1.807) is 6.92 Å². The zero-order chi connectivity index (χ0) is 19.4. The molecular weight excluding hydrogens is 342 g/mol. The Labute approximate surface area is 159 Å². The summed E-state index contributed by atoms with van der Waals surface area (Å²) < 4.78 is 5.31. The monoisotopic (exact) mass is 369 g/mol. The van der Waals surface area contributed by atoms with Gasteiger partial charge in [-0.25, -0.2) is 0 Å². The number of hydrogen-bond donors (Lipinski definition) is 2. The van der Waals surface area contributed by atoms with Gasteiger partial charge in [0.25, 0.3) is 0 Å². The zero-order valence-electron chi connectivity index (χ0n) is 15.9. The van der Waals surface area contributed by atoms with Crippen LogP contribution in [0.5, 0.6) is 0 Å². The lowest BCUT2D eigenvalue weighted by atomic mass is 9.72. The molecule has 5 heteroatoms. The minimum absolute atomic E-state index is 0.219. The first kappa shape index (κ1) is 19.5. The zero-order valence-corrected chi connectivity index (χ0v) is 15.9. The van der Waals surface area contributed by atoms with Crippen LogP contribution in [-0.4, -0.2) is 33.9 Å². The number of ether oxygens (including phenoxy) is 1.